The van der Waals surface area contributed by atoms with Gasteiger partial charge in [0.2, 0.25) is 5.79 Å². The van der Waals surface area contributed by atoms with Crippen molar-refractivity contribution in [1.82, 2.24) is 15.0 Å². The Kier molecular flexibility index (Phi) is 10.3. The third-order valence-corrected chi connectivity index (χ3v) is 10.8. The minimum absolute atomic E-state index is 0.000311. The third-order valence-electron chi connectivity index (χ3n) is 10.8. The van der Waals surface area contributed by atoms with Crippen molar-refractivity contribution >= 4 is 11.4 Å². The SMILES string of the molecule is O=[N+]([O-])c1ccc(CON=C2C[C@H](n3nncc3-c3ccccc3)[C@@]3(O)Oc4ccc(O)cc4[C@H]4[C@H](CCCCO)[C@@H](CCCCO)C=C2[C@H]43)cc1. The van der Waals surface area contributed by atoms with E-state index in [-0.39, 0.29) is 55.4 Å². The largest absolute Gasteiger partial charge is 0.508 e. The van der Waals surface area contributed by atoms with E-state index in [9.17, 15) is 30.5 Å². The van der Waals surface area contributed by atoms with Gasteiger partial charge in [0.15, 0.2) is 0 Å². The summed E-state index contributed by atoms with van der Waals surface area (Å²) in [5.74, 6) is -2.19. The second-order valence-corrected chi connectivity index (χ2v) is 13.9. The second kappa shape index (κ2) is 15.2. The van der Waals surface area contributed by atoms with Crippen molar-refractivity contribution in [2.75, 3.05) is 13.2 Å². The molecule has 4 aromatic rings. The molecular formula is C39H43N5O8. The lowest BCUT2D eigenvalue weighted by Crippen LogP contribution is -2.62. The van der Waals surface area contributed by atoms with Crippen LogP contribution in [0.4, 0.5) is 5.69 Å². The number of phenolic OH excluding ortho intramolecular Hbond substituents is 1. The predicted molar refractivity (Wildman–Crippen MR) is 191 cm³/mol. The van der Waals surface area contributed by atoms with Gasteiger partial charge in [-0.25, -0.2) is 4.68 Å². The molecule has 52 heavy (non-hydrogen) atoms. The Morgan fingerprint density at radius 3 is 2.48 bits per heavy atom. The van der Waals surface area contributed by atoms with E-state index in [1.165, 1.54) is 12.1 Å². The first-order chi connectivity index (χ1) is 25.3. The highest BCUT2D eigenvalue weighted by molar-refractivity contribution is 6.02. The van der Waals surface area contributed by atoms with Crippen molar-refractivity contribution in [3.05, 3.63) is 112 Å². The molecule has 0 radical (unpaired) electrons. The first-order valence-corrected chi connectivity index (χ1v) is 17.9. The van der Waals surface area contributed by atoms with Crippen LogP contribution in [0.5, 0.6) is 11.5 Å². The van der Waals surface area contributed by atoms with E-state index < -0.39 is 22.7 Å². The molecule has 0 amide bonds. The van der Waals surface area contributed by atoms with E-state index in [0.717, 1.165) is 42.4 Å². The van der Waals surface area contributed by atoms with Gasteiger partial charge in [-0.3, -0.25) is 10.1 Å². The van der Waals surface area contributed by atoms with E-state index in [1.54, 1.807) is 41.2 Å². The van der Waals surface area contributed by atoms with Gasteiger partial charge in [-0.1, -0.05) is 59.6 Å². The van der Waals surface area contributed by atoms with Gasteiger partial charge in [-0.05, 0) is 79.0 Å². The fraction of sp³-hybridized carbons (Fsp3) is 0.410. The number of hydrogen-bond donors (Lipinski definition) is 4. The number of aliphatic hydroxyl groups excluding tert-OH is 2. The summed E-state index contributed by atoms with van der Waals surface area (Å²) in [7, 11) is 0. The number of hydrogen-bond acceptors (Lipinski definition) is 11. The lowest BCUT2D eigenvalue weighted by Gasteiger charge is -2.56. The van der Waals surface area contributed by atoms with Crippen LogP contribution in [-0.4, -0.2) is 65.1 Å². The molecule has 272 valence electrons. The first kappa shape index (κ1) is 35.3. The zero-order chi connectivity index (χ0) is 36.2. The molecule has 0 saturated heterocycles. The molecule has 7 rings (SSSR count). The summed E-state index contributed by atoms with van der Waals surface area (Å²) in [5.41, 5.74) is 4.41. The van der Waals surface area contributed by atoms with Crippen molar-refractivity contribution in [2.24, 2.45) is 22.9 Å². The van der Waals surface area contributed by atoms with Crippen LogP contribution in [0, 0.1) is 27.9 Å². The predicted octanol–water partition coefficient (Wildman–Crippen LogP) is 6.06. The van der Waals surface area contributed by atoms with Crippen molar-refractivity contribution in [2.45, 2.75) is 69.3 Å². The number of unbranched alkanes of at least 4 members (excludes halogenated alkanes) is 2. The van der Waals surface area contributed by atoms with Crippen molar-refractivity contribution < 1.29 is 34.9 Å². The Morgan fingerprint density at radius 1 is 1.00 bits per heavy atom. The Bertz CT molecular complexity index is 1930. The normalized spacial score (nSPS) is 25.5. The molecule has 4 N–H and O–H groups in total. The number of nitro groups is 1. The molecule has 1 saturated carbocycles. The van der Waals surface area contributed by atoms with Gasteiger partial charge in [0.1, 0.15) is 24.1 Å². The van der Waals surface area contributed by atoms with Gasteiger partial charge >= 0.3 is 0 Å². The smallest absolute Gasteiger partial charge is 0.269 e. The fourth-order valence-electron chi connectivity index (χ4n) is 8.40. The number of ether oxygens (including phenoxy) is 1. The van der Waals surface area contributed by atoms with Gasteiger partial charge in [0, 0.05) is 48.8 Å². The molecule has 0 unspecified atom stereocenters. The zero-order valence-electron chi connectivity index (χ0n) is 28.7. The standard InChI is InChI=1S/C39H43N5O8/c45-18-6-4-10-27-20-31-33(41-51-24-25-12-14-28(15-13-25)44(49)50)22-36(43-34(23-40-42-43)26-8-2-1-3-9-26)39(48)38(31)37(30(27)11-5-7-19-46)32-21-29(47)16-17-35(32)52-39/h1-3,8-9,12-17,20-21,23,27,30,36-38,45-48H,4-7,10-11,18-19,22,24H2/t27-,30+,36-,37+,38+,39+/m0/s1. The Labute approximate surface area is 301 Å². The molecule has 13 nitrogen and oxygen atoms in total. The molecule has 0 spiro atoms. The summed E-state index contributed by atoms with van der Waals surface area (Å²) in [6.07, 6.45) is 8.41. The number of aliphatic hydroxyl groups is 3. The highest BCUT2D eigenvalue weighted by Crippen LogP contribution is 2.62. The number of phenols is 1. The molecule has 3 aromatic carbocycles. The van der Waals surface area contributed by atoms with E-state index in [4.69, 9.17) is 14.7 Å². The van der Waals surface area contributed by atoms with Crippen LogP contribution < -0.4 is 4.74 Å². The number of oxime groups is 1. The van der Waals surface area contributed by atoms with E-state index >= 15 is 0 Å². The minimum Gasteiger partial charge on any atom is -0.508 e. The van der Waals surface area contributed by atoms with Gasteiger partial charge in [0.05, 0.1) is 28.4 Å². The molecule has 6 atom stereocenters. The fourth-order valence-corrected chi connectivity index (χ4v) is 8.40. The molecule has 3 aliphatic rings. The van der Waals surface area contributed by atoms with Gasteiger partial charge in [-0.15, -0.1) is 5.10 Å². The van der Waals surface area contributed by atoms with Gasteiger partial charge in [0.25, 0.3) is 5.69 Å². The van der Waals surface area contributed by atoms with Crippen LogP contribution in [0.1, 0.15) is 68.0 Å². The summed E-state index contributed by atoms with van der Waals surface area (Å²) in [6, 6.07) is 20.0. The molecule has 1 aromatic heterocycles. The molecule has 13 heteroatoms. The van der Waals surface area contributed by atoms with Crippen LogP contribution in [0.25, 0.3) is 11.3 Å². The molecule has 2 heterocycles. The second-order valence-electron chi connectivity index (χ2n) is 13.9. The number of rotatable bonds is 14. The number of benzene rings is 3. The number of nitro benzene ring substituents is 1. The monoisotopic (exact) mass is 709 g/mol. The highest BCUT2D eigenvalue weighted by Gasteiger charge is 2.63. The van der Waals surface area contributed by atoms with Crippen LogP contribution in [0.3, 0.4) is 0 Å². The van der Waals surface area contributed by atoms with Crippen LogP contribution in [-0.2, 0) is 11.4 Å². The molecule has 1 fully saturated rings. The summed E-state index contributed by atoms with van der Waals surface area (Å²) < 4.78 is 8.40. The average Bonchev–Trinajstić information content (AvgIpc) is 3.64. The zero-order valence-corrected chi connectivity index (χ0v) is 28.7. The molecule has 0 bridgehead atoms. The van der Waals surface area contributed by atoms with Crippen molar-refractivity contribution in [3.63, 3.8) is 0 Å². The Hall–Kier alpha value is -5.11. The van der Waals surface area contributed by atoms with E-state index in [2.05, 4.69) is 16.4 Å². The number of aromatic hydroxyl groups is 1. The molecule has 2 aliphatic carbocycles. The maximum Gasteiger partial charge on any atom is 0.269 e. The van der Waals surface area contributed by atoms with Gasteiger partial charge in [-0.2, -0.15) is 0 Å². The number of allylic oxidation sites excluding steroid dienone is 1. The quantitative estimate of drug-likeness (QED) is 0.0682. The molecular weight excluding hydrogens is 666 g/mol. The van der Waals surface area contributed by atoms with Gasteiger partial charge < -0.3 is 30.0 Å². The summed E-state index contributed by atoms with van der Waals surface area (Å²) in [4.78, 5) is 16.7. The number of non-ortho nitro benzene ring substituents is 1. The lowest BCUT2D eigenvalue weighted by molar-refractivity contribution is -0.384. The first-order valence-electron chi connectivity index (χ1n) is 17.9. The third kappa shape index (κ3) is 6.79. The summed E-state index contributed by atoms with van der Waals surface area (Å²) in [6.45, 7) is 0.218. The number of fused-ring (bicyclic) bond motifs is 2. The van der Waals surface area contributed by atoms with Crippen LogP contribution >= 0.6 is 0 Å². The number of aromatic nitrogens is 3. The Morgan fingerprint density at radius 2 is 1.75 bits per heavy atom. The average molecular weight is 710 g/mol. The molecule has 1 aliphatic heterocycles. The minimum atomic E-state index is -1.82. The van der Waals surface area contributed by atoms with E-state index in [0.29, 0.717) is 35.6 Å². The van der Waals surface area contributed by atoms with E-state index in [1.807, 2.05) is 30.3 Å². The van der Waals surface area contributed by atoms with Crippen molar-refractivity contribution in [3.8, 4) is 22.8 Å². The van der Waals surface area contributed by atoms with Crippen molar-refractivity contribution in [1.29, 1.82) is 0 Å². The topological polar surface area (TPSA) is 186 Å². The Balaban J connectivity index is 1.37. The summed E-state index contributed by atoms with van der Waals surface area (Å²) >= 11 is 0. The van der Waals surface area contributed by atoms with Crippen LogP contribution in [0.15, 0.2) is 95.8 Å². The number of nitrogens with zero attached hydrogens (tertiary/aromatic N) is 5. The lowest BCUT2D eigenvalue weighted by atomic mass is 9.55. The maximum atomic E-state index is 13.2. The van der Waals surface area contributed by atoms with Crippen LogP contribution in [0.2, 0.25) is 0 Å². The maximum absolute atomic E-state index is 13.2. The summed E-state index contributed by atoms with van der Waals surface area (Å²) in [5, 5.41) is 68.0. The highest BCUT2D eigenvalue weighted by atomic mass is 16.6.